The summed E-state index contributed by atoms with van der Waals surface area (Å²) in [6.45, 7) is 9.51. The van der Waals surface area contributed by atoms with Crippen molar-refractivity contribution in [1.82, 2.24) is 34.0 Å². The number of benzene rings is 2. The summed E-state index contributed by atoms with van der Waals surface area (Å²) in [5.74, 6) is 1.27. The molecule has 46 heavy (non-hydrogen) atoms. The lowest BCUT2D eigenvalue weighted by molar-refractivity contribution is -0.131. The average Bonchev–Trinajstić information content (AvgIpc) is 3.84. The molecule has 2 aromatic carbocycles. The number of piperazine rings is 1. The number of amides is 1. The fourth-order valence-electron chi connectivity index (χ4n) is 6.11. The topological polar surface area (TPSA) is 85.0 Å². The smallest absolute Gasteiger partial charge is 0.222 e. The van der Waals surface area contributed by atoms with E-state index >= 15 is 0 Å². The summed E-state index contributed by atoms with van der Waals surface area (Å²) in [5.41, 5.74) is 4.54. The second kappa shape index (κ2) is 15.3. The van der Waals surface area contributed by atoms with Crippen molar-refractivity contribution < 1.29 is 4.79 Å². The first-order valence-corrected chi connectivity index (χ1v) is 17.5. The van der Waals surface area contributed by atoms with Gasteiger partial charge in [0, 0.05) is 50.6 Å². The van der Waals surface area contributed by atoms with Crippen molar-refractivity contribution in [2.45, 2.75) is 71.9 Å². The molecule has 0 atom stereocenters. The standard InChI is InChI=1S/C24H28N6OS.C12H16N2/c1-2-18-15-19-23(25-16-26-24(19)32-18)29-13-11-28(12-14-29)22(31)9-5-6-10-30-17-27-20-7-3-4-8-21(20)30;1-2-3-6-9-14-10-13-11-7-4-5-8-12(11)14/h3-4,7-8,15-17H,2,5-6,9-14H2,1H3;4-5,7-8,10H,2-3,6,9H2,1H3. The highest BCUT2D eigenvalue weighted by Gasteiger charge is 2.23. The largest absolute Gasteiger partial charge is 0.352 e. The van der Waals surface area contributed by atoms with E-state index in [2.05, 4.69) is 78.1 Å². The molecule has 0 spiro atoms. The molecule has 5 heterocycles. The van der Waals surface area contributed by atoms with E-state index in [1.165, 1.54) is 29.7 Å². The van der Waals surface area contributed by atoms with Crippen LogP contribution in [0, 0.1) is 0 Å². The number of thiophene rings is 1. The van der Waals surface area contributed by atoms with Gasteiger partial charge in [0.15, 0.2) is 0 Å². The third-order valence-corrected chi connectivity index (χ3v) is 9.92. The van der Waals surface area contributed by atoms with Crippen molar-refractivity contribution in [2.75, 3.05) is 31.1 Å². The number of imidazole rings is 2. The average molecular weight is 637 g/mol. The van der Waals surface area contributed by atoms with Crippen molar-refractivity contribution >= 4 is 55.3 Å². The van der Waals surface area contributed by atoms with Gasteiger partial charge in [0.25, 0.3) is 0 Å². The summed E-state index contributed by atoms with van der Waals surface area (Å²) in [6.07, 6.45) is 12.8. The normalized spacial score (nSPS) is 13.4. The number of carbonyl (C=O) groups excluding carboxylic acids is 1. The fraction of sp³-hybridized carbons (Fsp3) is 0.417. The summed E-state index contributed by atoms with van der Waals surface area (Å²) in [6, 6.07) is 18.7. The first-order chi connectivity index (χ1) is 22.6. The molecule has 10 heteroatoms. The minimum Gasteiger partial charge on any atom is -0.352 e. The number of hydrogen-bond donors (Lipinski definition) is 0. The van der Waals surface area contributed by atoms with Crippen molar-refractivity contribution in [1.29, 1.82) is 0 Å². The van der Waals surface area contributed by atoms with Gasteiger partial charge in [0.1, 0.15) is 17.0 Å². The van der Waals surface area contributed by atoms with Crippen molar-refractivity contribution in [3.8, 4) is 0 Å². The van der Waals surface area contributed by atoms with Gasteiger partial charge < -0.3 is 18.9 Å². The lowest BCUT2D eigenvalue weighted by atomic mass is 10.2. The SMILES string of the molecule is CCCCCn1cnc2ccccc21.CCc1cc2c(N3CCN(C(=O)CCCCn4cnc5ccccc54)CC3)ncnc2s1. The Hall–Kier alpha value is -4.31. The molecule has 240 valence electrons. The van der Waals surface area contributed by atoms with E-state index in [0.29, 0.717) is 6.42 Å². The van der Waals surface area contributed by atoms with Crippen LogP contribution < -0.4 is 4.90 Å². The molecule has 4 aromatic heterocycles. The predicted molar refractivity (Wildman–Crippen MR) is 188 cm³/mol. The Balaban J connectivity index is 0.000000221. The van der Waals surface area contributed by atoms with Crippen LogP contribution in [0.1, 0.15) is 57.2 Å². The van der Waals surface area contributed by atoms with Gasteiger partial charge in [-0.25, -0.2) is 19.9 Å². The quantitative estimate of drug-likeness (QED) is 0.138. The lowest BCUT2D eigenvalue weighted by Gasteiger charge is -2.35. The van der Waals surface area contributed by atoms with Crippen LogP contribution in [0.25, 0.3) is 32.3 Å². The van der Waals surface area contributed by atoms with Crippen LogP contribution in [0.4, 0.5) is 5.82 Å². The zero-order chi connectivity index (χ0) is 31.7. The fourth-order valence-corrected chi connectivity index (χ4v) is 7.04. The highest BCUT2D eigenvalue weighted by molar-refractivity contribution is 7.18. The Labute approximate surface area is 274 Å². The molecular weight excluding hydrogens is 593 g/mol. The Bertz CT molecular complexity index is 1870. The number of aryl methyl sites for hydroxylation is 3. The Morgan fingerprint density at radius 3 is 2.02 bits per heavy atom. The van der Waals surface area contributed by atoms with Crippen LogP contribution in [0.5, 0.6) is 0 Å². The highest BCUT2D eigenvalue weighted by atomic mass is 32.1. The molecule has 1 fully saturated rings. The Morgan fingerprint density at radius 1 is 0.761 bits per heavy atom. The van der Waals surface area contributed by atoms with Crippen LogP contribution in [0.2, 0.25) is 0 Å². The van der Waals surface area contributed by atoms with Crippen LogP contribution in [0.15, 0.2) is 73.6 Å². The Kier molecular flexibility index (Phi) is 10.5. The molecule has 1 amide bonds. The zero-order valence-electron chi connectivity index (χ0n) is 27.0. The van der Waals surface area contributed by atoms with E-state index in [-0.39, 0.29) is 5.91 Å². The lowest BCUT2D eigenvalue weighted by Crippen LogP contribution is -2.49. The number of fused-ring (bicyclic) bond motifs is 3. The first kappa shape index (κ1) is 31.7. The highest BCUT2D eigenvalue weighted by Crippen LogP contribution is 2.31. The molecule has 1 saturated heterocycles. The van der Waals surface area contributed by atoms with Gasteiger partial charge in [-0.3, -0.25) is 4.79 Å². The summed E-state index contributed by atoms with van der Waals surface area (Å²) >= 11 is 1.74. The molecule has 0 aliphatic carbocycles. The summed E-state index contributed by atoms with van der Waals surface area (Å²) < 4.78 is 4.42. The molecule has 0 saturated carbocycles. The maximum atomic E-state index is 12.7. The third-order valence-electron chi connectivity index (χ3n) is 8.74. The van der Waals surface area contributed by atoms with Gasteiger partial charge in [0.05, 0.1) is 40.1 Å². The number of hydrogen-bond acceptors (Lipinski definition) is 7. The van der Waals surface area contributed by atoms with Gasteiger partial charge in [-0.1, -0.05) is 51.0 Å². The number of aromatic nitrogens is 6. The third kappa shape index (κ3) is 7.39. The van der Waals surface area contributed by atoms with Crippen LogP contribution in [-0.2, 0) is 24.3 Å². The predicted octanol–water partition coefficient (Wildman–Crippen LogP) is 7.35. The number of nitrogens with zero attached hydrogens (tertiary/aromatic N) is 8. The van der Waals surface area contributed by atoms with E-state index in [1.807, 2.05) is 41.8 Å². The van der Waals surface area contributed by atoms with Gasteiger partial charge >= 0.3 is 0 Å². The molecule has 1 aliphatic heterocycles. The maximum absolute atomic E-state index is 12.7. The summed E-state index contributed by atoms with van der Waals surface area (Å²) in [4.78, 5) is 37.2. The number of rotatable bonds is 11. The van der Waals surface area contributed by atoms with E-state index < -0.39 is 0 Å². The molecule has 0 unspecified atom stereocenters. The second-order valence-electron chi connectivity index (χ2n) is 11.9. The van der Waals surface area contributed by atoms with Crippen molar-refractivity contribution in [3.05, 3.63) is 78.5 Å². The molecule has 6 aromatic rings. The number of para-hydroxylation sites is 4. The minimum atomic E-state index is 0.261. The van der Waals surface area contributed by atoms with Crippen molar-refractivity contribution in [2.24, 2.45) is 0 Å². The summed E-state index contributed by atoms with van der Waals surface area (Å²) in [5, 5.41) is 1.14. The summed E-state index contributed by atoms with van der Waals surface area (Å²) in [7, 11) is 0. The number of carbonyl (C=O) groups is 1. The molecule has 1 aliphatic rings. The van der Waals surface area contributed by atoms with Gasteiger partial charge in [-0.05, 0) is 56.0 Å². The minimum absolute atomic E-state index is 0.261. The van der Waals surface area contributed by atoms with Crippen LogP contribution in [-0.4, -0.2) is 66.1 Å². The second-order valence-corrected chi connectivity index (χ2v) is 13.0. The molecule has 9 nitrogen and oxygen atoms in total. The first-order valence-electron chi connectivity index (χ1n) is 16.7. The van der Waals surface area contributed by atoms with E-state index in [9.17, 15) is 4.79 Å². The number of unbranched alkanes of at least 4 members (excludes halogenated alkanes) is 3. The molecule has 0 N–H and O–H groups in total. The molecule has 0 radical (unpaired) electrons. The molecular formula is C36H44N8OS. The van der Waals surface area contributed by atoms with E-state index in [0.717, 1.165) is 91.1 Å². The van der Waals surface area contributed by atoms with E-state index in [1.54, 1.807) is 17.7 Å². The Morgan fingerprint density at radius 2 is 1.39 bits per heavy atom. The van der Waals surface area contributed by atoms with Gasteiger partial charge in [-0.2, -0.15) is 0 Å². The molecule has 0 bridgehead atoms. The van der Waals surface area contributed by atoms with Crippen LogP contribution in [0.3, 0.4) is 0 Å². The van der Waals surface area contributed by atoms with Gasteiger partial charge in [-0.15, -0.1) is 11.3 Å². The maximum Gasteiger partial charge on any atom is 0.222 e. The zero-order valence-corrected chi connectivity index (χ0v) is 27.8. The number of anilines is 1. The van der Waals surface area contributed by atoms with E-state index in [4.69, 9.17) is 0 Å². The monoisotopic (exact) mass is 636 g/mol. The van der Waals surface area contributed by atoms with Crippen molar-refractivity contribution in [3.63, 3.8) is 0 Å². The van der Waals surface area contributed by atoms with Crippen LogP contribution >= 0.6 is 11.3 Å². The molecule has 7 rings (SSSR count). The van der Waals surface area contributed by atoms with Gasteiger partial charge in [0.2, 0.25) is 5.91 Å².